The Kier molecular flexibility index (Phi) is 18.7. The van der Waals surface area contributed by atoms with Crippen molar-refractivity contribution in [3.63, 3.8) is 0 Å². The fourth-order valence-corrected chi connectivity index (χ4v) is 6.38. The van der Waals surface area contributed by atoms with Crippen molar-refractivity contribution < 1.29 is 47.9 Å². The molecule has 2 atom stereocenters. The van der Waals surface area contributed by atoms with Crippen molar-refractivity contribution in [1.29, 1.82) is 0 Å². The minimum atomic E-state index is -0.378. The molecular formula is C24H58Li2N4P2+2. The average molecular weight is 479 g/mol. The van der Waals surface area contributed by atoms with Crippen molar-refractivity contribution in [2.24, 2.45) is 0 Å². The van der Waals surface area contributed by atoms with E-state index in [-0.39, 0.29) is 86.6 Å². The Morgan fingerprint density at radius 3 is 0.688 bits per heavy atom. The van der Waals surface area contributed by atoms with Gasteiger partial charge in [0.05, 0.1) is 11.1 Å². The predicted octanol–water partition coefficient (Wildman–Crippen LogP) is 1.27. The van der Waals surface area contributed by atoms with Gasteiger partial charge in [0.2, 0.25) is 0 Å². The molecule has 0 aliphatic rings. The van der Waals surface area contributed by atoms with Crippen LogP contribution in [0.2, 0.25) is 0 Å². The van der Waals surface area contributed by atoms with Gasteiger partial charge in [-0.1, -0.05) is 83.1 Å². The maximum Gasteiger partial charge on any atom is 1.00 e. The summed E-state index contributed by atoms with van der Waals surface area (Å²) in [6.07, 6.45) is 0. The SMILES string of the molecule is CC(C)(C)[N-][P@@]([NH2+]C(C)(C)C)C(C)(C)C.CC(C)(C)[N-][P@@]([NH2+]C(C)(C)C)C(C)(C)C.[Li+].[Li+]. The van der Waals surface area contributed by atoms with E-state index in [0.29, 0.717) is 0 Å². The van der Waals surface area contributed by atoms with E-state index >= 15 is 0 Å². The molecule has 0 amide bonds. The summed E-state index contributed by atoms with van der Waals surface area (Å²) in [5.74, 6) is 0. The fraction of sp³-hybridized carbons (Fsp3) is 1.00. The molecule has 184 valence electrons. The van der Waals surface area contributed by atoms with E-state index in [4.69, 9.17) is 10.2 Å². The molecule has 8 heteroatoms. The smallest absolute Gasteiger partial charge is 0.580 e. The fourth-order valence-electron chi connectivity index (χ4n) is 2.13. The van der Waals surface area contributed by atoms with Crippen molar-refractivity contribution in [1.82, 2.24) is 0 Å². The van der Waals surface area contributed by atoms with E-state index in [1.165, 1.54) is 0 Å². The minimum Gasteiger partial charge on any atom is -0.580 e. The molecule has 0 radical (unpaired) electrons. The third-order valence-corrected chi connectivity index (χ3v) is 9.63. The van der Waals surface area contributed by atoms with E-state index in [2.05, 4.69) is 135 Å². The number of rotatable bonds is 4. The van der Waals surface area contributed by atoms with Crippen LogP contribution in [0.25, 0.3) is 10.2 Å². The first-order valence-electron chi connectivity index (χ1n) is 11.4. The second-order valence-corrected chi connectivity index (χ2v) is 19.5. The molecular weight excluding hydrogens is 420 g/mol. The first kappa shape index (κ1) is 41.0. The Hall–Kier alpha value is 1.89. The van der Waals surface area contributed by atoms with Gasteiger partial charge in [0.15, 0.2) is 0 Å². The standard InChI is InChI=1S/2C12H28N2P.2Li/c2*1-10(2,3)13-15(12(7,8)9)14-11(4,5)6;;/h2*13H,1-9H3;;/q2*-1;2*+1/p+2/t2*15-;;/m11../s1. The van der Waals surface area contributed by atoms with E-state index in [1.54, 1.807) is 0 Å². The summed E-state index contributed by atoms with van der Waals surface area (Å²) in [4.78, 5) is 0. The normalized spacial score (nSPS) is 15.6. The molecule has 0 aromatic heterocycles. The summed E-state index contributed by atoms with van der Waals surface area (Å²) in [7, 11) is -0.756. The Balaban J connectivity index is -0.000000231. The molecule has 0 aliphatic heterocycles. The van der Waals surface area contributed by atoms with Gasteiger partial charge in [-0.3, -0.25) is 0 Å². The summed E-state index contributed by atoms with van der Waals surface area (Å²) in [6, 6.07) is 0. The zero-order chi connectivity index (χ0) is 25.0. The van der Waals surface area contributed by atoms with E-state index in [0.717, 1.165) is 0 Å². The van der Waals surface area contributed by atoms with Crippen LogP contribution in [0, 0.1) is 0 Å². The van der Waals surface area contributed by atoms with Gasteiger partial charge in [-0.2, -0.15) is 0 Å². The van der Waals surface area contributed by atoms with Crippen molar-refractivity contribution >= 4 is 16.4 Å². The van der Waals surface area contributed by atoms with Crippen molar-refractivity contribution in [3.05, 3.63) is 10.2 Å². The zero-order valence-corrected chi connectivity index (χ0v) is 27.7. The molecule has 0 heterocycles. The molecule has 0 saturated heterocycles. The molecule has 0 fully saturated rings. The van der Waals surface area contributed by atoms with Gasteiger partial charge in [0.1, 0.15) is 0 Å². The van der Waals surface area contributed by atoms with Gasteiger partial charge in [0.25, 0.3) is 0 Å². The van der Waals surface area contributed by atoms with Crippen molar-refractivity contribution in [2.75, 3.05) is 0 Å². The number of hydrogen-bond acceptors (Lipinski definition) is 0. The van der Waals surface area contributed by atoms with E-state index in [9.17, 15) is 0 Å². The molecule has 0 aliphatic carbocycles. The summed E-state index contributed by atoms with van der Waals surface area (Å²) >= 11 is 0. The van der Waals surface area contributed by atoms with Crippen LogP contribution in [0.15, 0.2) is 0 Å². The van der Waals surface area contributed by atoms with Crippen molar-refractivity contribution in [2.45, 2.75) is 157 Å². The summed E-state index contributed by atoms with van der Waals surface area (Å²) in [5.41, 5.74) is 0.656. The number of quaternary nitrogens is 2. The van der Waals surface area contributed by atoms with Gasteiger partial charge >= 0.3 is 37.7 Å². The molecule has 4 nitrogen and oxygen atoms in total. The Labute approximate surface area is 230 Å². The largest absolute Gasteiger partial charge is 1.00 e. The molecule has 0 bridgehead atoms. The van der Waals surface area contributed by atoms with Crippen LogP contribution in [-0.2, 0) is 0 Å². The third-order valence-electron chi connectivity index (χ3n) is 3.21. The Morgan fingerprint density at radius 1 is 0.406 bits per heavy atom. The number of hydrogen-bond donors (Lipinski definition) is 2. The van der Waals surface area contributed by atoms with Crippen LogP contribution in [0.3, 0.4) is 0 Å². The third kappa shape index (κ3) is 26.5. The molecule has 0 aromatic rings. The first-order chi connectivity index (χ1) is 12.6. The quantitative estimate of drug-likeness (QED) is 0.452. The Morgan fingerprint density at radius 2 is 0.594 bits per heavy atom. The van der Waals surface area contributed by atoms with Crippen LogP contribution in [-0.4, -0.2) is 32.5 Å². The van der Waals surface area contributed by atoms with E-state index in [1.807, 2.05) is 0 Å². The Bertz CT molecular complexity index is 411. The zero-order valence-electron chi connectivity index (χ0n) is 25.9. The molecule has 0 saturated carbocycles. The molecule has 4 N–H and O–H groups in total. The first-order valence-corrected chi connectivity index (χ1v) is 14.1. The van der Waals surface area contributed by atoms with Gasteiger partial charge in [-0.15, -0.1) is 11.1 Å². The second kappa shape index (κ2) is 14.6. The number of nitrogens with two attached hydrogens (primary N) is 2. The maximum atomic E-state index is 4.97. The summed E-state index contributed by atoms with van der Waals surface area (Å²) < 4.78 is 0. The topological polar surface area (TPSA) is 61.4 Å². The van der Waals surface area contributed by atoms with Gasteiger partial charge in [-0.05, 0) is 41.5 Å². The number of nitrogens with zero attached hydrogens (tertiary/aromatic N) is 2. The molecule has 0 unspecified atom stereocenters. The maximum absolute atomic E-state index is 4.97. The average Bonchev–Trinajstić information content (AvgIpc) is 2.28. The van der Waals surface area contributed by atoms with Crippen LogP contribution < -0.4 is 47.9 Å². The van der Waals surface area contributed by atoms with Gasteiger partial charge in [0, 0.05) is 26.8 Å². The van der Waals surface area contributed by atoms with Crippen LogP contribution in [0.1, 0.15) is 125 Å². The predicted molar refractivity (Wildman–Crippen MR) is 143 cm³/mol. The van der Waals surface area contributed by atoms with Gasteiger partial charge in [-0.25, -0.2) is 0 Å². The van der Waals surface area contributed by atoms with Crippen LogP contribution >= 0.6 is 16.4 Å². The molecule has 0 spiro atoms. The monoisotopic (exact) mass is 478 g/mol. The summed E-state index contributed by atoms with van der Waals surface area (Å²) in [5, 5.41) is 15.4. The minimum absolute atomic E-state index is 0. The van der Waals surface area contributed by atoms with Crippen molar-refractivity contribution in [3.8, 4) is 0 Å². The van der Waals surface area contributed by atoms with Crippen LogP contribution in [0.4, 0.5) is 0 Å². The summed E-state index contributed by atoms with van der Waals surface area (Å²) in [6.45, 7) is 40.4. The molecule has 0 rings (SSSR count). The van der Waals surface area contributed by atoms with Crippen LogP contribution in [0.5, 0.6) is 0 Å². The molecule has 0 aromatic carbocycles. The molecule has 32 heavy (non-hydrogen) atoms. The van der Waals surface area contributed by atoms with Gasteiger partial charge < -0.3 is 20.3 Å². The second-order valence-electron chi connectivity index (χ2n) is 14.6. The van der Waals surface area contributed by atoms with E-state index < -0.39 is 0 Å².